The highest BCUT2D eigenvalue weighted by Gasteiger charge is 2.17. The van der Waals surface area contributed by atoms with Gasteiger partial charge in [0.05, 0.1) is 5.52 Å². The van der Waals surface area contributed by atoms with Gasteiger partial charge in [-0.2, -0.15) is 0 Å². The Labute approximate surface area is 110 Å². The number of carboxylic acids is 1. The molecule has 0 atom stereocenters. The lowest BCUT2D eigenvalue weighted by Gasteiger charge is -2.18. The summed E-state index contributed by atoms with van der Waals surface area (Å²) >= 11 is 0. The number of carboxylic acid groups (broad SMARTS) is 1. The number of nitrogens with one attached hydrogen (secondary N) is 1. The van der Waals surface area contributed by atoms with Crippen molar-refractivity contribution in [2.45, 2.75) is 12.8 Å². The van der Waals surface area contributed by atoms with E-state index in [-0.39, 0.29) is 5.56 Å². The minimum atomic E-state index is -0.958. The van der Waals surface area contributed by atoms with Crippen molar-refractivity contribution >= 4 is 22.7 Å². The fraction of sp³-hybridized carbons (Fsp3) is 0.286. The number of aromatic nitrogens is 1. The van der Waals surface area contributed by atoms with Crippen LogP contribution in [0.5, 0.6) is 0 Å². The molecule has 0 aliphatic carbocycles. The summed E-state index contributed by atoms with van der Waals surface area (Å²) in [6.45, 7) is 1.85. The number of pyridine rings is 1. The van der Waals surface area contributed by atoms with Gasteiger partial charge in [0.25, 0.3) is 0 Å². The molecule has 2 aromatic rings. The molecule has 1 fully saturated rings. The molecule has 0 bridgehead atoms. The van der Waals surface area contributed by atoms with Crippen molar-refractivity contribution in [1.29, 1.82) is 0 Å². The molecule has 2 heterocycles. The summed E-state index contributed by atoms with van der Waals surface area (Å²) in [6.07, 6.45) is 2.26. The van der Waals surface area contributed by atoms with Crippen molar-refractivity contribution in [2.24, 2.45) is 0 Å². The highest BCUT2D eigenvalue weighted by molar-refractivity contribution is 5.97. The third-order valence-corrected chi connectivity index (χ3v) is 3.32. The summed E-state index contributed by atoms with van der Waals surface area (Å²) in [4.78, 5) is 15.8. The van der Waals surface area contributed by atoms with Crippen LogP contribution in [0.1, 0.15) is 23.2 Å². The number of anilines is 1. The van der Waals surface area contributed by atoms with E-state index in [2.05, 4.69) is 10.4 Å². The predicted molar refractivity (Wildman–Crippen MR) is 73.1 cm³/mol. The monoisotopic (exact) mass is 257 g/mol. The van der Waals surface area contributed by atoms with Crippen molar-refractivity contribution in [3.05, 3.63) is 35.9 Å². The Kier molecular flexibility index (Phi) is 3.05. The number of fused-ring (bicyclic) bond motifs is 1. The highest BCUT2D eigenvalue weighted by Crippen LogP contribution is 2.22. The molecule has 5 heteroatoms. The lowest BCUT2D eigenvalue weighted by molar-refractivity contribution is 0.0697. The predicted octanol–water partition coefficient (Wildman–Crippen LogP) is 2.36. The fourth-order valence-corrected chi connectivity index (χ4v) is 2.34. The lowest BCUT2D eigenvalue weighted by atomic mass is 10.1. The number of hydrazine groups is 1. The Morgan fingerprint density at radius 1 is 1.26 bits per heavy atom. The maximum absolute atomic E-state index is 11.3. The van der Waals surface area contributed by atoms with Crippen LogP contribution in [0.4, 0.5) is 5.82 Å². The second-order valence-electron chi connectivity index (χ2n) is 4.69. The maximum Gasteiger partial charge on any atom is 0.339 e. The van der Waals surface area contributed by atoms with Crippen LogP contribution >= 0.6 is 0 Å². The zero-order valence-electron chi connectivity index (χ0n) is 10.5. The quantitative estimate of drug-likeness (QED) is 0.883. The van der Waals surface area contributed by atoms with Gasteiger partial charge in [0.15, 0.2) is 5.82 Å². The number of carbonyl (C=O) groups is 1. The smallest absolute Gasteiger partial charge is 0.339 e. The third-order valence-electron chi connectivity index (χ3n) is 3.32. The first kappa shape index (κ1) is 11.9. The molecule has 2 N–H and O–H groups in total. The third kappa shape index (κ3) is 2.37. The van der Waals surface area contributed by atoms with Gasteiger partial charge in [-0.05, 0) is 25.0 Å². The van der Waals surface area contributed by atoms with E-state index in [1.807, 2.05) is 29.3 Å². The van der Waals surface area contributed by atoms with Crippen LogP contribution in [-0.4, -0.2) is 34.2 Å². The van der Waals surface area contributed by atoms with Crippen LogP contribution in [0, 0.1) is 0 Å². The molecule has 0 unspecified atom stereocenters. The molecular formula is C14H15N3O2. The zero-order chi connectivity index (χ0) is 13.2. The number of rotatable bonds is 3. The van der Waals surface area contributed by atoms with Crippen molar-refractivity contribution in [3.63, 3.8) is 0 Å². The first-order chi connectivity index (χ1) is 9.24. The highest BCUT2D eigenvalue weighted by atomic mass is 16.4. The van der Waals surface area contributed by atoms with Gasteiger partial charge in [-0.25, -0.2) is 14.8 Å². The van der Waals surface area contributed by atoms with Gasteiger partial charge < -0.3 is 10.5 Å². The molecule has 1 aliphatic rings. The van der Waals surface area contributed by atoms with Crippen molar-refractivity contribution in [2.75, 3.05) is 18.5 Å². The summed E-state index contributed by atoms with van der Waals surface area (Å²) in [6, 6.07) is 9.20. The van der Waals surface area contributed by atoms with Crippen LogP contribution in [0.2, 0.25) is 0 Å². The van der Waals surface area contributed by atoms with Gasteiger partial charge in [-0.1, -0.05) is 18.2 Å². The number of aromatic carboxylic acids is 1. The molecule has 0 amide bonds. The molecular weight excluding hydrogens is 242 g/mol. The zero-order valence-corrected chi connectivity index (χ0v) is 10.5. The van der Waals surface area contributed by atoms with Crippen LogP contribution < -0.4 is 5.43 Å². The van der Waals surface area contributed by atoms with Gasteiger partial charge in [0.1, 0.15) is 5.56 Å². The van der Waals surface area contributed by atoms with E-state index >= 15 is 0 Å². The second-order valence-corrected chi connectivity index (χ2v) is 4.69. The Balaban J connectivity index is 2.04. The molecule has 98 valence electrons. The normalized spacial score (nSPS) is 15.8. The standard InChI is InChI=1S/C14H15N3O2/c18-14(19)11-9-10-5-1-2-6-12(10)15-13(11)16-17-7-3-4-8-17/h1-2,5-6,9H,3-4,7-8H2,(H,15,16)(H,18,19). The average Bonchev–Trinajstić information content (AvgIpc) is 2.90. The van der Waals surface area contributed by atoms with E-state index in [4.69, 9.17) is 0 Å². The Morgan fingerprint density at radius 2 is 2.00 bits per heavy atom. The molecule has 1 aliphatic heterocycles. The van der Waals surface area contributed by atoms with Gasteiger partial charge in [0.2, 0.25) is 0 Å². The van der Waals surface area contributed by atoms with Gasteiger partial charge in [-0.3, -0.25) is 0 Å². The van der Waals surface area contributed by atoms with Crippen LogP contribution in [0.15, 0.2) is 30.3 Å². The molecule has 1 aromatic carbocycles. The summed E-state index contributed by atoms with van der Waals surface area (Å²) in [7, 11) is 0. The molecule has 19 heavy (non-hydrogen) atoms. The van der Waals surface area contributed by atoms with Gasteiger partial charge in [0, 0.05) is 18.5 Å². The summed E-state index contributed by atoms with van der Waals surface area (Å²) < 4.78 is 0. The van der Waals surface area contributed by atoms with E-state index in [1.54, 1.807) is 6.07 Å². The van der Waals surface area contributed by atoms with E-state index in [0.29, 0.717) is 5.82 Å². The maximum atomic E-state index is 11.3. The summed E-state index contributed by atoms with van der Waals surface area (Å²) in [5.74, 6) is -0.534. The van der Waals surface area contributed by atoms with Crippen molar-refractivity contribution in [1.82, 2.24) is 9.99 Å². The van der Waals surface area contributed by atoms with Gasteiger partial charge >= 0.3 is 5.97 Å². The Hall–Kier alpha value is -2.14. The average molecular weight is 257 g/mol. The SMILES string of the molecule is O=C(O)c1cc2ccccc2nc1NN1CCCC1. The first-order valence-corrected chi connectivity index (χ1v) is 6.39. The minimum Gasteiger partial charge on any atom is -0.478 e. The molecule has 0 saturated carbocycles. The molecule has 0 spiro atoms. The van der Waals surface area contributed by atoms with Crippen molar-refractivity contribution in [3.8, 4) is 0 Å². The topological polar surface area (TPSA) is 65.5 Å². The molecule has 0 radical (unpaired) electrons. The van der Waals surface area contributed by atoms with E-state index in [9.17, 15) is 9.90 Å². The van der Waals surface area contributed by atoms with E-state index < -0.39 is 5.97 Å². The van der Waals surface area contributed by atoms with E-state index in [1.165, 1.54) is 0 Å². The van der Waals surface area contributed by atoms with Crippen molar-refractivity contribution < 1.29 is 9.90 Å². The Bertz CT molecular complexity index is 621. The molecule has 3 rings (SSSR count). The number of hydrogen-bond donors (Lipinski definition) is 2. The number of benzene rings is 1. The fourth-order valence-electron chi connectivity index (χ4n) is 2.34. The van der Waals surface area contributed by atoms with Crippen LogP contribution in [-0.2, 0) is 0 Å². The first-order valence-electron chi connectivity index (χ1n) is 6.39. The molecule has 1 aromatic heterocycles. The molecule has 5 nitrogen and oxygen atoms in total. The lowest BCUT2D eigenvalue weighted by Crippen LogP contribution is -2.28. The minimum absolute atomic E-state index is 0.214. The number of nitrogens with zero attached hydrogens (tertiary/aromatic N) is 2. The second kappa shape index (κ2) is 4.85. The molecule has 1 saturated heterocycles. The summed E-state index contributed by atoms with van der Waals surface area (Å²) in [5, 5.41) is 12.2. The van der Waals surface area contributed by atoms with Gasteiger partial charge in [-0.15, -0.1) is 0 Å². The largest absolute Gasteiger partial charge is 0.478 e. The number of hydrogen-bond acceptors (Lipinski definition) is 4. The van der Waals surface area contributed by atoms with E-state index in [0.717, 1.165) is 36.8 Å². The number of para-hydroxylation sites is 1. The Morgan fingerprint density at radius 3 is 2.74 bits per heavy atom. The van der Waals surface area contributed by atoms with Crippen LogP contribution in [0.25, 0.3) is 10.9 Å². The summed E-state index contributed by atoms with van der Waals surface area (Å²) in [5.41, 5.74) is 4.14. The van der Waals surface area contributed by atoms with Crippen LogP contribution in [0.3, 0.4) is 0 Å².